The van der Waals surface area contributed by atoms with Gasteiger partial charge in [0.15, 0.2) is 0 Å². The topological polar surface area (TPSA) is 149 Å². The number of carbonyl (C=O) groups is 4. The Morgan fingerprint density at radius 1 is 0.591 bits per heavy atom. The first kappa shape index (κ1) is 24.4. The van der Waals surface area contributed by atoms with Crippen molar-refractivity contribution in [2.45, 2.75) is 39.5 Å². The minimum absolute atomic E-state index is 0.558. The third-order valence-corrected chi connectivity index (χ3v) is 1.69. The maximum atomic E-state index is 9.55. The SMILES string of the molecule is CCCCCC.O=C(O)C=CC(=O)O.O=C(O)C=CC(=O)O. The summed E-state index contributed by atoms with van der Waals surface area (Å²) in [6.07, 6.45) is 7.77. The van der Waals surface area contributed by atoms with Gasteiger partial charge in [-0.25, -0.2) is 19.2 Å². The summed E-state index contributed by atoms with van der Waals surface area (Å²) in [7, 11) is 0. The normalized spacial score (nSPS) is 9.36. The summed E-state index contributed by atoms with van der Waals surface area (Å²) >= 11 is 0. The maximum absolute atomic E-state index is 9.55. The molecule has 0 saturated carbocycles. The van der Waals surface area contributed by atoms with Gasteiger partial charge in [-0.2, -0.15) is 0 Å². The van der Waals surface area contributed by atoms with Crippen LogP contribution in [0.5, 0.6) is 0 Å². The molecule has 0 aromatic carbocycles. The molecule has 8 heteroatoms. The van der Waals surface area contributed by atoms with Gasteiger partial charge in [0.2, 0.25) is 0 Å². The molecule has 0 atom stereocenters. The fourth-order valence-electron chi connectivity index (χ4n) is 0.785. The number of hydrogen-bond donors (Lipinski definition) is 4. The van der Waals surface area contributed by atoms with Crippen molar-refractivity contribution in [3.8, 4) is 0 Å². The van der Waals surface area contributed by atoms with Crippen LogP contribution in [0.1, 0.15) is 39.5 Å². The Morgan fingerprint density at radius 2 is 0.773 bits per heavy atom. The van der Waals surface area contributed by atoms with E-state index in [-0.39, 0.29) is 0 Å². The first-order valence-electron chi connectivity index (χ1n) is 6.45. The average molecular weight is 318 g/mol. The molecule has 0 rings (SSSR count). The van der Waals surface area contributed by atoms with Crippen LogP contribution in [0.2, 0.25) is 0 Å². The number of hydrogen-bond acceptors (Lipinski definition) is 4. The average Bonchev–Trinajstić information content (AvgIpc) is 2.42. The Bertz CT molecular complexity index is 326. The predicted octanol–water partition coefficient (Wildman–Crippen LogP) is 2.01. The fourth-order valence-corrected chi connectivity index (χ4v) is 0.785. The summed E-state index contributed by atoms with van der Waals surface area (Å²) in [6, 6.07) is 0. The molecular formula is C14H22O8. The van der Waals surface area contributed by atoms with Gasteiger partial charge in [-0.05, 0) is 0 Å². The number of aliphatic carboxylic acids is 4. The van der Waals surface area contributed by atoms with E-state index in [0.717, 1.165) is 0 Å². The predicted molar refractivity (Wildman–Crippen MR) is 78.6 cm³/mol. The minimum Gasteiger partial charge on any atom is -0.478 e. The molecule has 0 unspecified atom stereocenters. The van der Waals surface area contributed by atoms with Crippen LogP contribution in [0.25, 0.3) is 0 Å². The summed E-state index contributed by atoms with van der Waals surface area (Å²) in [5.41, 5.74) is 0. The van der Waals surface area contributed by atoms with Gasteiger partial charge in [0.05, 0.1) is 0 Å². The van der Waals surface area contributed by atoms with E-state index >= 15 is 0 Å². The van der Waals surface area contributed by atoms with Crippen molar-refractivity contribution in [2.24, 2.45) is 0 Å². The van der Waals surface area contributed by atoms with Crippen LogP contribution in [0.15, 0.2) is 24.3 Å². The molecule has 22 heavy (non-hydrogen) atoms. The van der Waals surface area contributed by atoms with Crippen LogP contribution < -0.4 is 0 Å². The summed E-state index contributed by atoms with van der Waals surface area (Å²) in [4.78, 5) is 38.2. The van der Waals surface area contributed by atoms with Crippen LogP contribution in [-0.2, 0) is 19.2 Å². The molecule has 0 amide bonds. The highest BCUT2D eigenvalue weighted by Gasteiger charge is 1.88. The van der Waals surface area contributed by atoms with Crippen LogP contribution in [0.4, 0.5) is 0 Å². The van der Waals surface area contributed by atoms with E-state index in [2.05, 4.69) is 13.8 Å². The Balaban J connectivity index is -0.000000249. The number of rotatable bonds is 7. The third kappa shape index (κ3) is 43.3. The lowest BCUT2D eigenvalue weighted by Crippen LogP contribution is -1.91. The molecule has 0 aromatic rings. The second kappa shape index (κ2) is 18.4. The fraction of sp³-hybridized carbons (Fsp3) is 0.429. The molecule has 126 valence electrons. The molecule has 0 bridgehead atoms. The highest BCUT2D eigenvalue weighted by Crippen LogP contribution is 1.95. The minimum atomic E-state index is -1.26. The monoisotopic (exact) mass is 318 g/mol. The van der Waals surface area contributed by atoms with Crippen LogP contribution in [0.3, 0.4) is 0 Å². The van der Waals surface area contributed by atoms with Gasteiger partial charge < -0.3 is 20.4 Å². The van der Waals surface area contributed by atoms with Crippen molar-refractivity contribution in [3.63, 3.8) is 0 Å². The van der Waals surface area contributed by atoms with E-state index in [1.54, 1.807) is 0 Å². The van der Waals surface area contributed by atoms with Crippen LogP contribution in [-0.4, -0.2) is 44.3 Å². The molecule has 0 fully saturated rings. The van der Waals surface area contributed by atoms with Gasteiger partial charge in [-0.1, -0.05) is 39.5 Å². The first-order chi connectivity index (χ1) is 10.2. The van der Waals surface area contributed by atoms with E-state index in [1.165, 1.54) is 25.7 Å². The Morgan fingerprint density at radius 3 is 0.864 bits per heavy atom. The lowest BCUT2D eigenvalue weighted by atomic mass is 10.2. The number of carboxylic acid groups (broad SMARTS) is 4. The summed E-state index contributed by atoms with van der Waals surface area (Å²) < 4.78 is 0. The van der Waals surface area contributed by atoms with Gasteiger partial charge >= 0.3 is 23.9 Å². The molecule has 0 saturated heterocycles. The van der Waals surface area contributed by atoms with Gasteiger partial charge in [0.1, 0.15) is 0 Å². The van der Waals surface area contributed by atoms with Crippen molar-refractivity contribution in [2.75, 3.05) is 0 Å². The van der Waals surface area contributed by atoms with Crippen LogP contribution >= 0.6 is 0 Å². The van der Waals surface area contributed by atoms with E-state index in [4.69, 9.17) is 20.4 Å². The standard InChI is InChI=1S/C6H14.2C4H4O4/c1-3-5-6-4-2;2*5-3(6)1-2-4(7)8/h3-6H2,1-2H3;2*1-2H,(H,5,6)(H,7,8). The summed E-state index contributed by atoms with van der Waals surface area (Å²) in [5.74, 6) is -5.03. The summed E-state index contributed by atoms with van der Waals surface area (Å²) in [5, 5.41) is 31.2. The van der Waals surface area contributed by atoms with Crippen molar-refractivity contribution >= 4 is 23.9 Å². The molecule has 0 aliphatic rings. The molecular weight excluding hydrogens is 296 g/mol. The van der Waals surface area contributed by atoms with E-state index in [0.29, 0.717) is 24.3 Å². The lowest BCUT2D eigenvalue weighted by molar-refractivity contribution is -0.134. The smallest absolute Gasteiger partial charge is 0.328 e. The summed E-state index contributed by atoms with van der Waals surface area (Å²) in [6.45, 7) is 4.46. The van der Waals surface area contributed by atoms with Gasteiger partial charge in [0, 0.05) is 24.3 Å². The van der Waals surface area contributed by atoms with E-state index < -0.39 is 23.9 Å². The zero-order valence-electron chi connectivity index (χ0n) is 12.6. The van der Waals surface area contributed by atoms with E-state index in [1.807, 2.05) is 0 Å². The molecule has 0 spiro atoms. The zero-order valence-corrected chi connectivity index (χ0v) is 12.6. The maximum Gasteiger partial charge on any atom is 0.328 e. The quantitative estimate of drug-likeness (QED) is 0.411. The van der Waals surface area contributed by atoms with Gasteiger partial charge in [-0.3, -0.25) is 0 Å². The third-order valence-electron chi connectivity index (χ3n) is 1.69. The molecule has 0 heterocycles. The van der Waals surface area contributed by atoms with Crippen molar-refractivity contribution < 1.29 is 39.6 Å². The Kier molecular flexibility index (Phi) is 20.3. The first-order valence-corrected chi connectivity index (χ1v) is 6.45. The Hall–Kier alpha value is -2.64. The van der Waals surface area contributed by atoms with Gasteiger partial charge in [-0.15, -0.1) is 0 Å². The lowest BCUT2D eigenvalue weighted by Gasteiger charge is -1.86. The highest BCUT2D eigenvalue weighted by molar-refractivity contribution is 5.90. The molecule has 0 aliphatic carbocycles. The van der Waals surface area contributed by atoms with Crippen molar-refractivity contribution in [1.82, 2.24) is 0 Å². The second-order valence-electron chi connectivity index (χ2n) is 3.73. The van der Waals surface area contributed by atoms with Crippen molar-refractivity contribution in [3.05, 3.63) is 24.3 Å². The zero-order chi connectivity index (χ0) is 18.0. The second-order valence-corrected chi connectivity index (χ2v) is 3.73. The van der Waals surface area contributed by atoms with Gasteiger partial charge in [0.25, 0.3) is 0 Å². The van der Waals surface area contributed by atoms with Crippen LogP contribution in [0, 0.1) is 0 Å². The molecule has 8 nitrogen and oxygen atoms in total. The Labute approximate surface area is 128 Å². The highest BCUT2D eigenvalue weighted by atomic mass is 16.4. The molecule has 0 aliphatic heterocycles. The molecule has 0 aromatic heterocycles. The van der Waals surface area contributed by atoms with Crippen molar-refractivity contribution in [1.29, 1.82) is 0 Å². The molecule has 0 radical (unpaired) electrons. The number of unbranched alkanes of at least 4 members (excludes halogenated alkanes) is 3. The number of carboxylic acids is 4. The largest absolute Gasteiger partial charge is 0.478 e. The van der Waals surface area contributed by atoms with E-state index in [9.17, 15) is 19.2 Å². The molecule has 4 N–H and O–H groups in total.